The first-order valence-corrected chi connectivity index (χ1v) is 12.0. The molecule has 3 aromatic rings. The lowest BCUT2D eigenvalue weighted by atomic mass is 10.2. The Morgan fingerprint density at radius 1 is 0.621 bits per heavy atom. The van der Waals surface area contributed by atoms with Gasteiger partial charge in [-0.05, 0) is 61.5 Å². The largest absolute Gasteiger partial charge is 0.280 e. The first kappa shape index (κ1) is 21.4. The molecule has 0 saturated carbocycles. The predicted molar refractivity (Wildman–Crippen MR) is 116 cm³/mol. The molecule has 152 valence electrons. The summed E-state index contributed by atoms with van der Waals surface area (Å²) in [5.74, 6) is 0. The Morgan fingerprint density at radius 3 is 1.52 bits per heavy atom. The van der Waals surface area contributed by atoms with Crippen molar-refractivity contribution in [2.24, 2.45) is 0 Å². The first-order valence-electron chi connectivity index (χ1n) is 8.24. The molecule has 0 aromatic heterocycles. The SMILES string of the molecule is Cc1ccc(S(=O)(=O)Nc2ccc(S(=O)(=O)Nc3cc(Cl)cc(Cl)c3)cc2)cc1. The fourth-order valence-electron chi connectivity index (χ4n) is 2.46. The molecule has 0 bridgehead atoms. The van der Waals surface area contributed by atoms with Crippen LogP contribution in [0.25, 0.3) is 0 Å². The molecule has 10 heteroatoms. The number of benzene rings is 3. The molecule has 0 unspecified atom stereocenters. The van der Waals surface area contributed by atoms with Crippen LogP contribution in [0.3, 0.4) is 0 Å². The second-order valence-electron chi connectivity index (χ2n) is 6.21. The second kappa shape index (κ2) is 8.23. The third-order valence-corrected chi connectivity index (χ3v) is 7.09. The van der Waals surface area contributed by atoms with E-state index in [-0.39, 0.29) is 31.2 Å². The highest BCUT2D eigenvalue weighted by molar-refractivity contribution is 7.93. The summed E-state index contributed by atoms with van der Waals surface area (Å²) in [4.78, 5) is 0.0613. The highest BCUT2D eigenvalue weighted by Crippen LogP contribution is 2.25. The third kappa shape index (κ3) is 5.42. The van der Waals surface area contributed by atoms with Gasteiger partial charge in [0, 0.05) is 15.7 Å². The summed E-state index contributed by atoms with van der Waals surface area (Å²) < 4.78 is 54.7. The van der Waals surface area contributed by atoms with E-state index in [0.29, 0.717) is 0 Å². The number of hydrogen-bond acceptors (Lipinski definition) is 4. The van der Waals surface area contributed by atoms with Crippen molar-refractivity contribution < 1.29 is 16.8 Å². The molecule has 0 spiro atoms. The van der Waals surface area contributed by atoms with Crippen LogP contribution in [-0.2, 0) is 20.0 Å². The summed E-state index contributed by atoms with van der Waals surface area (Å²) in [6.07, 6.45) is 0. The van der Waals surface area contributed by atoms with E-state index in [9.17, 15) is 16.8 Å². The summed E-state index contributed by atoms with van der Waals surface area (Å²) in [6, 6.07) is 16.0. The topological polar surface area (TPSA) is 92.3 Å². The van der Waals surface area contributed by atoms with E-state index >= 15 is 0 Å². The lowest BCUT2D eigenvalue weighted by Gasteiger charge is -2.11. The zero-order valence-corrected chi connectivity index (χ0v) is 18.2. The normalized spacial score (nSPS) is 11.8. The predicted octanol–water partition coefficient (Wildman–Crippen LogP) is 4.90. The van der Waals surface area contributed by atoms with Gasteiger partial charge in [0.1, 0.15) is 0 Å². The molecule has 0 aliphatic heterocycles. The van der Waals surface area contributed by atoms with Crippen LogP contribution >= 0.6 is 23.2 Å². The number of aryl methyl sites for hydroxylation is 1. The van der Waals surface area contributed by atoms with Crippen molar-refractivity contribution in [2.45, 2.75) is 16.7 Å². The Balaban J connectivity index is 1.79. The number of halogens is 2. The second-order valence-corrected chi connectivity index (χ2v) is 10.4. The van der Waals surface area contributed by atoms with Gasteiger partial charge >= 0.3 is 0 Å². The van der Waals surface area contributed by atoms with Crippen LogP contribution in [0.15, 0.2) is 76.5 Å². The van der Waals surface area contributed by atoms with Gasteiger partial charge in [0.15, 0.2) is 0 Å². The zero-order chi connectivity index (χ0) is 21.2. The molecule has 3 aromatic carbocycles. The Bertz CT molecular complexity index is 1220. The van der Waals surface area contributed by atoms with E-state index in [1.807, 2.05) is 6.92 Å². The van der Waals surface area contributed by atoms with E-state index < -0.39 is 20.0 Å². The van der Waals surface area contributed by atoms with Crippen LogP contribution in [0.1, 0.15) is 5.56 Å². The molecular weight excluding hydrogens is 455 g/mol. The van der Waals surface area contributed by atoms with Crippen molar-refractivity contribution in [1.82, 2.24) is 0 Å². The number of hydrogen-bond donors (Lipinski definition) is 2. The standard InChI is InChI=1S/C19H16Cl2N2O4S2/c1-13-2-6-18(7-3-13)28(24,25)22-16-4-8-19(9-5-16)29(26,27)23-17-11-14(20)10-15(21)12-17/h2-12,22-23H,1H3. The maximum Gasteiger partial charge on any atom is 0.261 e. The van der Waals surface area contributed by atoms with E-state index in [1.165, 1.54) is 54.6 Å². The van der Waals surface area contributed by atoms with Crippen LogP contribution in [-0.4, -0.2) is 16.8 Å². The van der Waals surface area contributed by atoms with Crippen molar-refractivity contribution in [1.29, 1.82) is 0 Å². The molecule has 6 nitrogen and oxygen atoms in total. The van der Waals surface area contributed by atoms with Gasteiger partial charge in [-0.3, -0.25) is 9.44 Å². The highest BCUT2D eigenvalue weighted by Gasteiger charge is 2.17. The summed E-state index contributed by atoms with van der Waals surface area (Å²) in [6.45, 7) is 1.86. The number of rotatable bonds is 6. The van der Waals surface area contributed by atoms with Crippen molar-refractivity contribution in [2.75, 3.05) is 9.44 Å². The van der Waals surface area contributed by atoms with E-state index in [4.69, 9.17) is 23.2 Å². The van der Waals surface area contributed by atoms with Gasteiger partial charge in [-0.2, -0.15) is 0 Å². The molecule has 0 amide bonds. The van der Waals surface area contributed by atoms with Crippen molar-refractivity contribution in [3.63, 3.8) is 0 Å². The fourth-order valence-corrected chi connectivity index (χ4v) is 5.09. The molecule has 3 rings (SSSR count). The Kier molecular flexibility index (Phi) is 6.09. The van der Waals surface area contributed by atoms with Crippen LogP contribution in [0.4, 0.5) is 11.4 Å². The lowest BCUT2D eigenvalue weighted by Crippen LogP contribution is -2.14. The van der Waals surface area contributed by atoms with Crippen LogP contribution in [0, 0.1) is 6.92 Å². The molecule has 2 N–H and O–H groups in total. The average Bonchev–Trinajstić information content (AvgIpc) is 2.61. The number of anilines is 2. The van der Waals surface area contributed by atoms with Crippen LogP contribution in [0.2, 0.25) is 10.0 Å². The van der Waals surface area contributed by atoms with Gasteiger partial charge in [-0.1, -0.05) is 40.9 Å². The molecule has 0 saturated heterocycles. The smallest absolute Gasteiger partial charge is 0.261 e. The van der Waals surface area contributed by atoms with Gasteiger partial charge in [0.2, 0.25) is 0 Å². The van der Waals surface area contributed by atoms with E-state index in [1.54, 1.807) is 12.1 Å². The fraction of sp³-hybridized carbons (Fsp3) is 0.0526. The molecule has 0 aliphatic carbocycles. The van der Waals surface area contributed by atoms with E-state index in [2.05, 4.69) is 9.44 Å². The minimum absolute atomic E-state index is 0.0492. The summed E-state index contributed by atoms with van der Waals surface area (Å²) in [5.41, 5.74) is 1.38. The zero-order valence-electron chi connectivity index (χ0n) is 15.1. The highest BCUT2D eigenvalue weighted by atomic mass is 35.5. The molecule has 29 heavy (non-hydrogen) atoms. The minimum atomic E-state index is -3.91. The summed E-state index contributed by atoms with van der Waals surface area (Å²) in [5, 5.41) is 0.576. The molecule has 0 heterocycles. The van der Waals surface area contributed by atoms with Crippen molar-refractivity contribution in [3.8, 4) is 0 Å². The maximum atomic E-state index is 12.5. The van der Waals surface area contributed by atoms with Crippen LogP contribution < -0.4 is 9.44 Å². The van der Waals surface area contributed by atoms with Gasteiger partial charge in [0.05, 0.1) is 15.5 Å². The van der Waals surface area contributed by atoms with E-state index in [0.717, 1.165) is 5.56 Å². The molecule has 0 fully saturated rings. The maximum absolute atomic E-state index is 12.5. The quantitative estimate of drug-likeness (QED) is 0.535. The molecule has 0 radical (unpaired) electrons. The van der Waals surface area contributed by atoms with Gasteiger partial charge in [-0.15, -0.1) is 0 Å². The monoisotopic (exact) mass is 470 g/mol. The summed E-state index contributed by atoms with van der Waals surface area (Å²) >= 11 is 11.8. The lowest BCUT2D eigenvalue weighted by molar-refractivity contribution is 0.600. The summed E-state index contributed by atoms with van der Waals surface area (Å²) in [7, 11) is -7.69. The first-order chi connectivity index (χ1) is 13.5. The molecule has 0 atom stereocenters. The minimum Gasteiger partial charge on any atom is -0.280 e. The van der Waals surface area contributed by atoms with Gasteiger partial charge in [0.25, 0.3) is 20.0 Å². The third-order valence-electron chi connectivity index (χ3n) is 3.86. The van der Waals surface area contributed by atoms with Gasteiger partial charge < -0.3 is 0 Å². The average molecular weight is 471 g/mol. The van der Waals surface area contributed by atoms with Crippen molar-refractivity contribution >= 4 is 54.6 Å². The Morgan fingerprint density at radius 2 is 1.03 bits per heavy atom. The Hall–Kier alpha value is -2.26. The number of nitrogens with one attached hydrogen (secondary N) is 2. The number of sulfonamides is 2. The van der Waals surface area contributed by atoms with Crippen molar-refractivity contribution in [3.05, 3.63) is 82.3 Å². The van der Waals surface area contributed by atoms with Gasteiger partial charge in [-0.25, -0.2) is 16.8 Å². The Labute approximate surface area is 179 Å². The van der Waals surface area contributed by atoms with Crippen LogP contribution in [0.5, 0.6) is 0 Å². The molecule has 0 aliphatic rings. The molecular formula is C19H16Cl2N2O4S2.